The molecular weight excluding hydrogens is 306 g/mol. The van der Waals surface area contributed by atoms with Crippen LogP contribution in [-0.4, -0.2) is 46.2 Å². The molecule has 2 aromatic rings. The number of fused-ring (bicyclic) bond motifs is 1. The van der Waals surface area contributed by atoms with Gasteiger partial charge in [-0.25, -0.2) is 4.79 Å². The van der Waals surface area contributed by atoms with Gasteiger partial charge in [-0.15, -0.1) is 0 Å². The van der Waals surface area contributed by atoms with Crippen LogP contribution in [0.1, 0.15) is 38.1 Å². The summed E-state index contributed by atoms with van der Waals surface area (Å²) in [5.74, 6) is 0.187. The topological polar surface area (TPSA) is 67.3 Å². The molecule has 0 aliphatic carbocycles. The van der Waals surface area contributed by atoms with Crippen molar-refractivity contribution in [3.63, 3.8) is 0 Å². The van der Waals surface area contributed by atoms with Crippen LogP contribution in [0.2, 0.25) is 0 Å². The minimum atomic E-state index is -0.0552. The van der Waals surface area contributed by atoms with E-state index < -0.39 is 0 Å². The number of amides is 1. The zero-order valence-corrected chi connectivity index (χ0v) is 13.7. The van der Waals surface area contributed by atoms with Crippen LogP contribution in [0.15, 0.2) is 29.1 Å². The molecular formula is C18H23N3O3. The molecule has 0 spiro atoms. The van der Waals surface area contributed by atoms with Gasteiger partial charge in [0, 0.05) is 25.7 Å². The Morgan fingerprint density at radius 3 is 2.75 bits per heavy atom. The van der Waals surface area contributed by atoms with Crippen molar-refractivity contribution in [2.24, 2.45) is 0 Å². The molecule has 2 aliphatic heterocycles. The molecule has 4 rings (SSSR count). The number of aromatic nitrogens is 2. The number of likely N-dealkylation sites (tertiary alicyclic amines) is 1. The van der Waals surface area contributed by atoms with E-state index in [4.69, 9.17) is 4.74 Å². The van der Waals surface area contributed by atoms with Crippen LogP contribution < -0.4 is 5.69 Å². The number of para-hydroxylation sites is 2. The minimum absolute atomic E-state index is 0.0552. The van der Waals surface area contributed by atoms with Crippen molar-refractivity contribution in [1.82, 2.24) is 14.5 Å². The summed E-state index contributed by atoms with van der Waals surface area (Å²) >= 11 is 0. The molecule has 0 radical (unpaired) electrons. The average molecular weight is 329 g/mol. The molecule has 6 nitrogen and oxygen atoms in total. The number of carbonyl (C=O) groups excluding carboxylic acids is 1. The Balaban J connectivity index is 1.43. The van der Waals surface area contributed by atoms with Crippen LogP contribution >= 0.6 is 0 Å². The van der Waals surface area contributed by atoms with E-state index in [-0.39, 0.29) is 23.7 Å². The van der Waals surface area contributed by atoms with Crippen LogP contribution in [-0.2, 0) is 9.53 Å². The van der Waals surface area contributed by atoms with Gasteiger partial charge in [0.2, 0.25) is 5.91 Å². The van der Waals surface area contributed by atoms with Gasteiger partial charge in [-0.1, -0.05) is 12.1 Å². The van der Waals surface area contributed by atoms with Gasteiger partial charge in [-0.2, -0.15) is 0 Å². The molecule has 0 saturated carbocycles. The number of benzene rings is 1. The van der Waals surface area contributed by atoms with Gasteiger partial charge in [-0.05, 0) is 37.8 Å². The molecule has 2 aliphatic rings. The largest absolute Gasteiger partial charge is 0.378 e. The quantitative estimate of drug-likeness (QED) is 0.937. The van der Waals surface area contributed by atoms with Crippen LogP contribution in [0, 0.1) is 0 Å². The Morgan fingerprint density at radius 1 is 1.21 bits per heavy atom. The first-order valence-electron chi connectivity index (χ1n) is 8.81. The summed E-state index contributed by atoms with van der Waals surface area (Å²) in [4.78, 5) is 29.5. The van der Waals surface area contributed by atoms with E-state index in [2.05, 4.69) is 4.98 Å². The lowest BCUT2D eigenvalue weighted by Gasteiger charge is -2.33. The second kappa shape index (κ2) is 6.43. The molecule has 1 aromatic carbocycles. The summed E-state index contributed by atoms with van der Waals surface area (Å²) in [6, 6.07) is 7.93. The highest BCUT2D eigenvalue weighted by Crippen LogP contribution is 2.26. The fourth-order valence-corrected chi connectivity index (χ4v) is 3.94. The second-order valence-electron chi connectivity index (χ2n) is 6.77. The highest BCUT2D eigenvalue weighted by atomic mass is 16.5. The second-order valence-corrected chi connectivity index (χ2v) is 6.77. The van der Waals surface area contributed by atoms with Crippen LogP contribution in [0.5, 0.6) is 0 Å². The van der Waals surface area contributed by atoms with E-state index in [9.17, 15) is 9.59 Å². The maximum absolute atomic E-state index is 12.4. The van der Waals surface area contributed by atoms with Crippen molar-refractivity contribution in [2.75, 3.05) is 19.7 Å². The lowest BCUT2D eigenvalue weighted by atomic mass is 10.0. The summed E-state index contributed by atoms with van der Waals surface area (Å²) in [6.45, 7) is 2.20. The van der Waals surface area contributed by atoms with Gasteiger partial charge < -0.3 is 14.6 Å². The van der Waals surface area contributed by atoms with Crippen molar-refractivity contribution in [3.8, 4) is 0 Å². The van der Waals surface area contributed by atoms with E-state index >= 15 is 0 Å². The summed E-state index contributed by atoms with van der Waals surface area (Å²) in [5.41, 5.74) is 1.77. The summed E-state index contributed by atoms with van der Waals surface area (Å²) in [5, 5.41) is 0. The number of hydrogen-bond donors (Lipinski definition) is 1. The van der Waals surface area contributed by atoms with Gasteiger partial charge in [0.15, 0.2) is 0 Å². The number of nitrogens with zero attached hydrogens (tertiary/aromatic N) is 2. The average Bonchev–Trinajstić information content (AvgIpc) is 3.21. The lowest BCUT2D eigenvalue weighted by Crippen LogP contribution is -2.41. The molecule has 3 heterocycles. The predicted molar refractivity (Wildman–Crippen MR) is 91.0 cm³/mol. The van der Waals surface area contributed by atoms with E-state index in [0.29, 0.717) is 19.5 Å². The fourth-order valence-electron chi connectivity index (χ4n) is 3.94. The van der Waals surface area contributed by atoms with Crippen molar-refractivity contribution in [3.05, 3.63) is 34.7 Å². The van der Waals surface area contributed by atoms with Gasteiger partial charge in [0.05, 0.1) is 23.6 Å². The maximum atomic E-state index is 12.4. The molecule has 1 amide bonds. The third-order valence-electron chi connectivity index (χ3n) is 5.23. The predicted octanol–water partition coefficient (Wildman–Crippen LogP) is 2.06. The zero-order valence-electron chi connectivity index (χ0n) is 13.7. The number of H-pyrrole nitrogens is 1. The van der Waals surface area contributed by atoms with Crippen molar-refractivity contribution < 1.29 is 9.53 Å². The monoisotopic (exact) mass is 329 g/mol. The summed E-state index contributed by atoms with van der Waals surface area (Å²) in [6.07, 6.45) is 4.29. The first-order chi connectivity index (χ1) is 11.7. The number of aromatic amines is 1. The van der Waals surface area contributed by atoms with E-state index in [1.54, 1.807) is 0 Å². The maximum Gasteiger partial charge on any atom is 0.326 e. The normalized spacial score (nSPS) is 22.3. The molecule has 0 bridgehead atoms. The molecule has 24 heavy (non-hydrogen) atoms. The highest BCUT2D eigenvalue weighted by Gasteiger charge is 2.28. The molecule has 6 heteroatoms. The number of nitrogens with one attached hydrogen (secondary N) is 1. The zero-order chi connectivity index (χ0) is 16.5. The minimum Gasteiger partial charge on any atom is -0.378 e. The number of carbonyl (C=O) groups is 1. The third-order valence-corrected chi connectivity index (χ3v) is 5.23. The van der Waals surface area contributed by atoms with Crippen LogP contribution in [0.25, 0.3) is 11.0 Å². The number of imidazole rings is 1. The third kappa shape index (κ3) is 2.86. The smallest absolute Gasteiger partial charge is 0.326 e. The molecule has 2 saturated heterocycles. The SMILES string of the molecule is O=C(C[C@H]1CCCO1)N1CCC(n2c(=O)[nH]c3ccccc32)CC1. The molecule has 1 N–H and O–H groups in total. The first kappa shape index (κ1) is 15.4. The molecule has 128 valence electrons. The van der Waals surface area contributed by atoms with Crippen LogP contribution in [0.3, 0.4) is 0 Å². The Hall–Kier alpha value is -2.08. The fraction of sp³-hybridized carbons (Fsp3) is 0.556. The standard InChI is InChI=1S/C18H23N3O3/c22-17(12-14-4-3-11-24-14)20-9-7-13(8-10-20)21-16-6-2-1-5-15(16)19-18(21)23/h1-2,5-6,13-14H,3-4,7-12H2,(H,19,23)/t14-/m1/s1. The van der Waals surface area contributed by atoms with Crippen molar-refractivity contribution in [1.29, 1.82) is 0 Å². The number of piperidine rings is 1. The van der Waals surface area contributed by atoms with Crippen molar-refractivity contribution >= 4 is 16.9 Å². The lowest BCUT2D eigenvalue weighted by molar-refractivity contribution is -0.134. The molecule has 1 atom stereocenters. The number of ether oxygens (including phenoxy) is 1. The van der Waals surface area contributed by atoms with Gasteiger partial charge in [0.25, 0.3) is 0 Å². The van der Waals surface area contributed by atoms with Crippen LogP contribution in [0.4, 0.5) is 0 Å². The molecule has 1 aromatic heterocycles. The van der Waals surface area contributed by atoms with E-state index in [0.717, 1.165) is 43.3 Å². The molecule has 0 unspecified atom stereocenters. The van der Waals surface area contributed by atoms with Gasteiger partial charge >= 0.3 is 5.69 Å². The Labute approximate surface area is 140 Å². The Bertz CT molecular complexity index is 780. The van der Waals surface area contributed by atoms with Crippen molar-refractivity contribution in [2.45, 2.75) is 44.2 Å². The summed E-state index contributed by atoms with van der Waals surface area (Å²) < 4.78 is 7.42. The number of hydrogen-bond acceptors (Lipinski definition) is 3. The Morgan fingerprint density at radius 2 is 2.00 bits per heavy atom. The van der Waals surface area contributed by atoms with Gasteiger partial charge in [0.1, 0.15) is 0 Å². The summed E-state index contributed by atoms with van der Waals surface area (Å²) in [7, 11) is 0. The van der Waals surface area contributed by atoms with E-state index in [1.807, 2.05) is 33.7 Å². The highest BCUT2D eigenvalue weighted by molar-refractivity contribution is 5.77. The number of rotatable bonds is 3. The molecule has 2 fully saturated rings. The first-order valence-corrected chi connectivity index (χ1v) is 8.81. The Kier molecular flexibility index (Phi) is 4.14. The van der Waals surface area contributed by atoms with E-state index in [1.165, 1.54) is 0 Å². The van der Waals surface area contributed by atoms with Gasteiger partial charge in [-0.3, -0.25) is 9.36 Å².